The molecule has 0 aliphatic carbocycles. The molecule has 1 aliphatic rings. The summed E-state index contributed by atoms with van der Waals surface area (Å²) in [4.78, 5) is 31.9. The fourth-order valence-corrected chi connectivity index (χ4v) is 5.60. The maximum atomic E-state index is 12.7. The van der Waals surface area contributed by atoms with Crippen molar-refractivity contribution in [1.82, 2.24) is 34.4 Å². The van der Waals surface area contributed by atoms with Crippen LogP contribution in [0.4, 0.5) is 11.5 Å². The molecule has 192 valence electrons. The van der Waals surface area contributed by atoms with Gasteiger partial charge in [-0.25, -0.2) is 19.5 Å². The van der Waals surface area contributed by atoms with Crippen LogP contribution in [0.3, 0.4) is 0 Å². The summed E-state index contributed by atoms with van der Waals surface area (Å²) in [6, 6.07) is 9.62. The number of ether oxygens (including phenoxy) is 1. The number of nitrogens with one attached hydrogen (secondary N) is 1. The van der Waals surface area contributed by atoms with E-state index in [9.17, 15) is 4.79 Å². The number of aromatic nitrogens is 5. The van der Waals surface area contributed by atoms with E-state index in [4.69, 9.17) is 4.74 Å². The first kappa shape index (κ1) is 24.0. The van der Waals surface area contributed by atoms with E-state index in [0.29, 0.717) is 18.8 Å². The van der Waals surface area contributed by atoms with Crippen LogP contribution in [0.1, 0.15) is 16.0 Å². The van der Waals surface area contributed by atoms with Crippen molar-refractivity contribution in [1.29, 1.82) is 0 Å². The Kier molecular flexibility index (Phi) is 6.22. The lowest BCUT2D eigenvalue weighted by Crippen LogP contribution is -2.23. The number of fused-ring (bicyclic) bond motifs is 4. The van der Waals surface area contributed by atoms with Crippen LogP contribution in [0.25, 0.3) is 15.9 Å². The molecular formula is C27H26N8O2S. The Balaban J connectivity index is 1.21. The fraction of sp³-hybridized carbons (Fsp3) is 0.222. The molecule has 1 N–H and O–H groups in total. The van der Waals surface area contributed by atoms with Crippen molar-refractivity contribution in [2.24, 2.45) is 0 Å². The van der Waals surface area contributed by atoms with E-state index in [1.54, 1.807) is 28.3 Å². The highest BCUT2D eigenvalue weighted by Crippen LogP contribution is 2.40. The summed E-state index contributed by atoms with van der Waals surface area (Å²) in [5, 5.41) is 8.55. The zero-order chi connectivity index (χ0) is 26.2. The highest BCUT2D eigenvalue weighted by atomic mass is 32.1. The lowest BCUT2D eigenvalue weighted by Gasteiger charge is -2.14. The monoisotopic (exact) mass is 526 g/mol. The molecule has 0 saturated heterocycles. The number of aryl methyl sites for hydroxylation is 1. The second-order valence-electron chi connectivity index (χ2n) is 9.40. The van der Waals surface area contributed by atoms with Crippen LogP contribution >= 0.6 is 11.3 Å². The van der Waals surface area contributed by atoms with Gasteiger partial charge in [0, 0.05) is 47.6 Å². The van der Waals surface area contributed by atoms with Gasteiger partial charge in [-0.15, -0.1) is 11.3 Å². The first-order valence-electron chi connectivity index (χ1n) is 12.1. The van der Waals surface area contributed by atoms with Gasteiger partial charge in [-0.1, -0.05) is 6.08 Å². The van der Waals surface area contributed by atoms with Gasteiger partial charge in [-0.2, -0.15) is 5.10 Å². The summed E-state index contributed by atoms with van der Waals surface area (Å²) in [5.41, 5.74) is 3.70. The molecule has 5 aromatic rings. The molecular weight excluding hydrogens is 500 g/mol. The molecule has 38 heavy (non-hydrogen) atoms. The molecule has 1 amide bonds. The highest BCUT2D eigenvalue weighted by molar-refractivity contribution is 7.19. The minimum atomic E-state index is 0.0177. The number of pyridine rings is 1. The second kappa shape index (κ2) is 9.84. The quantitative estimate of drug-likeness (QED) is 0.309. The van der Waals surface area contributed by atoms with Crippen LogP contribution in [-0.2, 0) is 17.9 Å². The number of hydrogen-bond donors (Lipinski definition) is 1. The van der Waals surface area contributed by atoms with E-state index < -0.39 is 0 Å². The molecule has 4 aromatic heterocycles. The minimum Gasteiger partial charge on any atom is -0.457 e. The van der Waals surface area contributed by atoms with Crippen molar-refractivity contribution in [3.63, 3.8) is 0 Å². The molecule has 0 spiro atoms. The van der Waals surface area contributed by atoms with Gasteiger partial charge < -0.3 is 19.9 Å². The van der Waals surface area contributed by atoms with Crippen LogP contribution in [0.15, 0.2) is 61.3 Å². The van der Waals surface area contributed by atoms with Gasteiger partial charge in [-0.05, 0) is 50.8 Å². The van der Waals surface area contributed by atoms with Crippen LogP contribution in [-0.4, -0.2) is 60.9 Å². The third-order valence-electron chi connectivity index (χ3n) is 6.31. The number of benzene rings is 1. The predicted molar refractivity (Wildman–Crippen MR) is 147 cm³/mol. The Morgan fingerprint density at radius 3 is 2.89 bits per heavy atom. The Hall–Kier alpha value is -4.35. The molecule has 10 nitrogen and oxygen atoms in total. The largest absolute Gasteiger partial charge is 0.457 e. The van der Waals surface area contributed by atoms with E-state index >= 15 is 0 Å². The molecule has 0 bridgehead atoms. The molecule has 6 rings (SSSR count). The SMILES string of the molecule is Cc1cc(Nc2ncnc3sc4c(c23)CN(C(=O)/C=C/CN(C)C)C4)ccc1Oc1ccn2ncnc2c1. The number of nitrogens with zero attached hydrogens (tertiary/aromatic N) is 7. The van der Waals surface area contributed by atoms with Crippen molar-refractivity contribution < 1.29 is 9.53 Å². The number of anilines is 2. The van der Waals surface area contributed by atoms with Crippen molar-refractivity contribution >= 4 is 44.6 Å². The molecule has 0 atom stereocenters. The normalized spacial score (nSPS) is 13.2. The van der Waals surface area contributed by atoms with Crippen molar-refractivity contribution in [2.75, 3.05) is 26.0 Å². The maximum Gasteiger partial charge on any atom is 0.246 e. The lowest BCUT2D eigenvalue weighted by atomic mass is 10.1. The minimum absolute atomic E-state index is 0.0177. The summed E-state index contributed by atoms with van der Waals surface area (Å²) < 4.78 is 7.79. The average molecular weight is 527 g/mol. The number of amides is 1. The van der Waals surface area contributed by atoms with E-state index in [1.165, 1.54) is 6.33 Å². The van der Waals surface area contributed by atoms with Gasteiger partial charge >= 0.3 is 0 Å². The topological polar surface area (TPSA) is 101 Å². The molecule has 11 heteroatoms. The Labute approximate surface area is 223 Å². The molecule has 1 aromatic carbocycles. The van der Waals surface area contributed by atoms with Gasteiger partial charge in [0.1, 0.15) is 34.8 Å². The van der Waals surface area contributed by atoms with Crippen molar-refractivity contribution in [3.8, 4) is 11.5 Å². The molecule has 0 fully saturated rings. The maximum absolute atomic E-state index is 12.7. The molecule has 0 saturated carbocycles. The van der Waals surface area contributed by atoms with Gasteiger partial charge in [0.2, 0.25) is 5.91 Å². The third kappa shape index (κ3) is 4.69. The number of carbonyl (C=O) groups excluding carboxylic acids is 1. The van der Waals surface area contributed by atoms with E-state index in [0.717, 1.165) is 55.7 Å². The fourth-order valence-electron chi connectivity index (χ4n) is 4.44. The standard InChI is InChI=1S/C27H26N8O2S/c1-17-11-18(6-7-21(17)37-19-8-10-35-23(12-19)28-16-31-35)32-26-25-20-13-34(24(36)5-4-9-33(2)3)14-22(20)38-27(25)30-15-29-26/h4-8,10-12,15-16H,9,13-14H2,1-3H3,(H,29,30,32)/b5-4+. The highest BCUT2D eigenvalue weighted by Gasteiger charge is 2.28. The third-order valence-corrected chi connectivity index (χ3v) is 7.44. The number of likely N-dealkylation sites (N-methyl/N-ethyl adjacent to an activating group) is 1. The average Bonchev–Trinajstić information content (AvgIpc) is 3.60. The Bertz CT molecular complexity index is 1690. The summed E-state index contributed by atoms with van der Waals surface area (Å²) in [5.74, 6) is 2.19. The van der Waals surface area contributed by atoms with Crippen molar-refractivity contribution in [2.45, 2.75) is 20.0 Å². The van der Waals surface area contributed by atoms with Gasteiger partial charge in [0.05, 0.1) is 11.9 Å². The first-order valence-corrected chi connectivity index (χ1v) is 13.0. The first-order chi connectivity index (χ1) is 18.4. The Morgan fingerprint density at radius 1 is 1.16 bits per heavy atom. The number of rotatable bonds is 7. The Morgan fingerprint density at radius 2 is 2.05 bits per heavy atom. The molecule has 0 unspecified atom stereocenters. The molecule has 0 radical (unpaired) electrons. The summed E-state index contributed by atoms with van der Waals surface area (Å²) in [6.07, 6.45) is 8.46. The molecule has 1 aliphatic heterocycles. The zero-order valence-corrected chi connectivity index (χ0v) is 22.1. The lowest BCUT2D eigenvalue weighted by molar-refractivity contribution is -0.126. The van der Waals surface area contributed by atoms with Crippen LogP contribution in [0.5, 0.6) is 11.5 Å². The second-order valence-corrected chi connectivity index (χ2v) is 10.5. The van der Waals surface area contributed by atoms with Crippen LogP contribution < -0.4 is 10.1 Å². The number of thiophene rings is 1. The predicted octanol–water partition coefficient (Wildman–Crippen LogP) is 4.54. The van der Waals surface area contributed by atoms with E-state index in [1.807, 2.05) is 73.4 Å². The van der Waals surface area contributed by atoms with Gasteiger partial charge in [0.25, 0.3) is 0 Å². The van der Waals surface area contributed by atoms with Crippen LogP contribution in [0, 0.1) is 6.92 Å². The van der Waals surface area contributed by atoms with E-state index in [2.05, 4.69) is 25.4 Å². The van der Waals surface area contributed by atoms with Gasteiger partial charge in [0.15, 0.2) is 5.65 Å². The summed E-state index contributed by atoms with van der Waals surface area (Å²) in [6.45, 7) is 3.87. The number of hydrogen-bond acceptors (Lipinski definition) is 9. The molecule has 5 heterocycles. The summed E-state index contributed by atoms with van der Waals surface area (Å²) >= 11 is 1.62. The van der Waals surface area contributed by atoms with Crippen LogP contribution in [0.2, 0.25) is 0 Å². The van der Waals surface area contributed by atoms with E-state index in [-0.39, 0.29) is 5.91 Å². The smallest absolute Gasteiger partial charge is 0.246 e. The van der Waals surface area contributed by atoms with Crippen molar-refractivity contribution in [3.05, 3.63) is 77.3 Å². The summed E-state index contributed by atoms with van der Waals surface area (Å²) in [7, 11) is 3.95. The zero-order valence-electron chi connectivity index (χ0n) is 21.3. The number of carbonyl (C=O) groups is 1. The van der Waals surface area contributed by atoms with Gasteiger partial charge in [-0.3, -0.25) is 4.79 Å².